The van der Waals surface area contributed by atoms with Gasteiger partial charge in [0.05, 0.1) is 24.8 Å². The first kappa shape index (κ1) is 37.0. The van der Waals surface area contributed by atoms with E-state index in [1.165, 1.54) is 37.3 Å². The highest BCUT2D eigenvalue weighted by atomic mass is 35.5. The lowest BCUT2D eigenvalue weighted by Crippen LogP contribution is -2.55. The zero-order valence-corrected chi connectivity index (χ0v) is 30.4. The van der Waals surface area contributed by atoms with Crippen molar-refractivity contribution in [1.82, 2.24) is 10.2 Å². The summed E-state index contributed by atoms with van der Waals surface area (Å²) in [5.41, 5.74) is 1.57. The molecule has 4 aromatic carbocycles. The first-order chi connectivity index (χ1) is 24.1. The molecular weight excluding hydrogens is 697 g/mol. The van der Waals surface area contributed by atoms with Crippen LogP contribution < -0.4 is 19.1 Å². The largest absolute Gasteiger partial charge is 0.493 e. The highest BCUT2D eigenvalue weighted by Gasteiger charge is 2.36. The van der Waals surface area contributed by atoms with Gasteiger partial charge in [0.15, 0.2) is 11.5 Å². The molecule has 0 aromatic heterocycles. The Morgan fingerprint density at radius 2 is 1.50 bits per heavy atom. The number of benzene rings is 4. The number of rotatable bonds is 14. The summed E-state index contributed by atoms with van der Waals surface area (Å²) in [4.78, 5) is 30.5. The van der Waals surface area contributed by atoms with E-state index in [4.69, 9.17) is 32.7 Å². The number of hydrogen-bond donors (Lipinski definition) is 1. The molecule has 1 aliphatic rings. The van der Waals surface area contributed by atoms with Gasteiger partial charge in [-0.05, 0) is 60.4 Å². The molecule has 4 aromatic rings. The van der Waals surface area contributed by atoms with Gasteiger partial charge in [-0.3, -0.25) is 13.9 Å². The summed E-state index contributed by atoms with van der Waals surface area (Å²) in [6.07, 6.45) is 5.02. The van der Waals surface area contributed by atoms with Crippen LogP contribution in [0.15, 0.2) is 102 Å². The number of hydrogen-bond acceptors (Lipinski definition) is 6. The van der Waals surface area contributed by atoms with Crippen molar-refractivity contribution < 1.29 is 27.5 Å². The monoisotopic (exact) mass is 737 g/mol. The molecule has 264 valence electrons. The van der Waals surface area contributed by atoms with Crippen LogP contribution in [-0.2, 0) is 32.6 Å². The highest BCUT2D eigenvalue weighted by Crippen LogP contribution is 2.34. The smallest absolute Gasteiger partial charge is 0.264 e. The topological polar surface area (TPSA) is 105 Å². The Morgan fingerprint density at radius 3 is 2.14 bits per heavy atom. The van der Waals surface area contributed by atoms with E-state index < -0.39 is 28.5 Å². The molecule has 2 amide bonds. The Kier molecular flexibility index (Phi) is 12.7. The lowest BCUT2D eigenvalue weighted by molar-refractivity contribution is -0.140. The van der Waals surface area contributed by atoms with Crippen LogP contribution in [0, 0.1) is 0 Å². The molecule has 1 N–H and O–H groups in total. The van der Waals surface area contributed by atoms with E-state index in [9.17, 15) is 18.0 Å². The maximum Gasteiger partial charge on any atom is 0.264 e. The maximum absolute atomic E-state index is 14.8. The average molecular weight is 739 g/mol. The predicted octanol–water partition coefficient (Wildman–Crippen LogP) is 7.29. The molecule has 1 saturated carbocycles. The first-order valence-electron chi connectivity index (χ1n) is 16.5. The van der Waals surface area contributed by atoms with Gasteiger partial charge in [-0.1, -0.05) is 97.1 Å². The van der Waals surface area contributed by atoms with Crippen molar-refractivity contribution in [3.05, 3.63) is 118 Å². The summed E-state index contributed by atoms with van der Waals surface area (Å²) in [5.74, 6) is -0.252. The van der Waals surface area contributed by atoms with Gasteiger partial charge in [0.1, 0.15) is 12.6 Å². The zero-order chi connectivity index (χ0) is 35.7. The van der Waals surface area contributed by atoms with Crippen LogP contribution in [0.1, 0.15) is 43.2 Å². The van der Waals surface area contributed by atoms with Crippen LogP contribution >= 0.6 is 23.2 Å². The van der Waals surface area contributed by atoms with Gasteiger partial charge in [0, 0.05) is 35.1 Å². The molecule has 5 rings (SSSR count). The van der Waals surface area contributed by atoms with Gasteiger partial charge in [0.2, 0.25) is 11.8 Å². The van der Waals surface area contributed by atoms with Crippen molar-refractivity contribution >= 4 is 50.7 Å². The van der Waals surface area contributed by atoms with Gasteiger partial charge in [-0.25, -0.2) is 8.42 Å². The minimum Gasteiger partial charge on any atom is -0.493 e. The molecule has 0 aliphatic heterocycles. The molecule has 1 aliphatic carbocycles. The fourth-order valence-corrected chi connectivity index (χ4v) is 8.06. The van der Waals surface area contributed by atoms with E-state index in [0.717, 1.165) is 42.0 Å². The number of nitrogens with one attached hydrogen (secondary N) is 1. The van der Waals surface area contributed by atoms with Gasteiger partial charge in [-0.15, -0.1) is 0 Å². The summed E-state index contributed by atoms with van der Waals surface area (Å²) in [6, 6.07) is 25.8. The van der Waals surface area contributed by atoms with Crippen molar-refractivity contribution in [3.8, 4) is 11.5 Å². The number of methoxy groups -OCH3 is 2. The normalized spacial score (nSPS) is 14.0. The first-order valence-corrected chi connectivity index (χ1v) is 18.7. The van der Waals surface area contributed by atoms with Gasteiger partial charge in [0.25, 0.3) is 10.0 Å². The Hall–Kier alpha value is -4.25. The van der Waals surface area contributed by atoms with Crippen LogP contribution in [0.3, 0.4) is 0 Å². The van der Waals surface area contributed by atoms with E-state index in [1.807, 2.05) is 30.3 Å². The number of carbonyl (C=O) groups is 2. The molecule has 0 heterocycles. The molecule has 0 unspecified atom stereocenters. The van der Waals surface area contributed by atoms with Gasteiger partial charge in [-0.2, -0.15) is 0 Å². The Bertz CT molecular complexity index is 1870. The number of amides is 2. The molecule has 0 spiro atoms. The fraction of sp³-hybridized carbons (Fsp3) is 0.316. The summed E-state index contributed by atoms with van der Waals surface area (Å²) in [5, 5.41) is 3.94. The fourth-order valence-electron chi connectivity index (χ4n) is 6.16. The minimum absolute atomic E-state index is 0.00856. The molecule has 9 nitrogen and oxygen atoms in total. The van der Waals surface area contributed by atoms with Crippen molar-refractivity contribution in [2.75, 3.05) is 25.1 Å². The van der Waals surface area contributed by atoms with Gasteiger partial charge < -0.3 is 19.7 Å². The number of ether oxygens (including phenoxy) is 2. The third-order valence-electron chi connectivity index (χ3n) is 8.84. The molecule has 0 bridgehead atoms. The van der Waals surface area contributed by atoms with E-state index in [2.05, 4.69) is 5.32 Å². The number of anilines is 1. The van der Waals surface area contributed by atoms with Crippen molar-refractivity contribution in [2.45, 2.75) is 62.0 Å². The minimum atomic E-state index is -4.30. The molecule has 0 saturated heterocycles. The number of carbonyl (C=O) groups excluding carboxylic acids is 2. The molecule has 50 heavy (non-hydrogen) atoms. The third kappa shape index (κ3) is 9.10. The van der Waals surface area contributed by atoms with Crippen LogP contribution in [-0.4, -0.2) is 58.0 Å². The van der Waals surface area contributed by atoms with Gasteiger partial charge >= 0.3 is 0 Å². The second-order valence-electron chi connectivity index (χ2n) is 12.2. The van der Waals surface area contributed by atoms with Crippen LogP contribution in [0.5, 0.6) is 11.5 Å². The standard InChI is InChI=1S/C38H41Cl2N3O6S/c1-48-35-21-20-31(24-36(35)49-2)43(50(46,47)32-16-10-5-11-17-32)26-37(44)42(25-28-18-19-29(39)23-33(28)40)34(22-27-12-6-3-7-13-27)38(45)41-30-14-8-4-9-15-30/h3,5-7,10-13,16-21,23-24,30,34H,4,8-9,14-15,22,25-26H2,1-2H3,(H,41,45)/t34-/m0/s1. The Morgan fingerprint density at radius 1 is 0.840 bits per heavy atom. The number of sulfonamides is 1. The van der Waals surface area contributed by atoms with Crippen molar-refractivity contribution in [1.29, 1.82) is 0 Å². The average Bonchev–Trinajstić information content (AvgIpc) is 3.13. The lowest BCUT2D eigenvalue weighted by atomic mass is 9.94. The van der Waals surface area contributed by atoms with E-state index in [0.29, 0.717) is 21.4 Å². The SMILES string of the molecule is COc1ccc(N(CC(=O)N(Cc2ccc(Cl)cc2Cl)[C@@H](Cc2ccccc2)C(=O)NC2CCCCC2)S(=O)(=O)c2ccccc2)cc1OC. The summed E-state index contributed by atoms with van der Waals surface area (Å²) < 4.78 is 40.5. The number of halogens is 2. The molecular formula is C38H41Cl2N3O6S. The molecule has 1 fully saturated rings. The Labute approximate surface area is 304 Å². The Balaban J connectivity index is 1.60. The van der Waals surface area contributed by atoms with Crippen LogP contribution in [0.4, 0.5) is 5.69 Å². The summed E-state index contributed by atoms with van der Waals surface area (Å²) in [7, 11) is -1.38. The zero-order valence-electron chi connectivity index (χ0n) is 28.1. The van der Waals surface area contributed by atoms with Crippen LogP contribution in [0.25, 0.3) is 0 Å². The van der Waals surface area contributed by atoms with Crippen LogP contribution in [0.2, 0.25) is 10.0 Å². The van der Waals surface area contributed by atoms with E-state index in [1.54, 1.807) is 48.5 Å². The second kappa shape index (κ2) is 17.1. The van der Waals surface area contributed by atoms with Crippen molar-refractivity contribution in [3.63, 3.8) is 0 Å². The van der Waals surface area contributed by atoms with Crippen molar-refractivity contribution in [2.24, 2.45) is 0 Å². The molecule has 0 radical (unpaired) electrons. The second-order valence-corrected chi connectivity index (χ2v) is 14.9. The van der Waals surface area contributed by atoms with E-state index in [-0.39, 0.29) is 41.2 Å². The molecule has 12 heteroatoms. The number of nitrogens with zero attached hydrogens (tertiary/aromatic N) is 2. The molecule has 1 atom stereocenters. The summed E-state index contributed by atoms with van der Waals surface area (Å²) >= 11 is 12.9. The third-order valence-corrected chi connectivity index (χ3v) is 11.2. The summed E-state index contributed by atoms with van der Waals surface area (Å²) in [6.45, 7) is -0.699. The predicted molar refractivity (Wildman–Crippen MR) is 196 cm³/mol. The lowest BCUT2D eigenvalue weighted by Gasteiger charge is -2.35. The highest BCUT2D eigenvalue weighted by molar-refractivity contribution is 7.92. The van der Waals surface area contributed by atoms with E-state index >= 15 is 0 Å². The maximum atomic E-state index is 14.8. The quantitative estimate of drug-likeness (QED) is 0.146.